The molecular weight excluding hydrogens is 210 g/mol. The Morgan fingerprint density at radius 2 is 1.76 bits per heavy atom. The van der Waals surface area contributed by atoms with E-state index in [-0.39, 0.29) is 0 Å². The Morgan fingerprint density at radius 3 is 2.29 bits per heavy atom. The first-order chi connectivity index (χ1) is 8.22. The molecule has 4 heterocycles. The average Bonchev–Trinajstić information content (AvgIpc) is 2.79. The van der Waals surface area contributed by atoms with E-state index in [0.29, 0.717) is 6.04 Å². The van der Waals surface area contributed by atoms with Gasteiger partial charge in [0.15, 0.2) is 0 Å². The molecule has 0 aromatic rings. The van der Waals surface area contributed by atoms with E-state index in [1.807, 2.05) is 0 Å². The molecule has 3 nitrogen and oxygen atoms in total. The van der Waals surface area contributed by atoms with Crippen molar-refractivity contribution in [2.24, 2.45) is 5.92 Å². The molecule has 2 atom stereocenters. The fourth-order valence-corrected chi connectivity index (χ4v) is 3.85. The minimum Gasteiger partial charge on any atom is -0.308 e. The van der Waals surface area contributed by atoms with Crippen molar-refractivity contribution in [2.75, 3.05) is 32.7 Å². The number of nitrogens with zero attached hydrogens (tertiary/aromatic N) is 2. The fourth-order valence-electron chi connectivity index (χ4n) is 3.85. The molecule has 3 heteroatoms. The average molecular weight is 237 g/mol. The zero-order valence-electron chi connectivity index (χ0n) is 11.4. The predicted octanol–water partition coefficient (Wildman–Crippen LogP) is 1.15. The number of hydrogen-bond donors (Lipinski definition) is 1. The number of piperidine rings is 3. The Hall–Kier alpha value is -0.120. The minimum absolute atomic E-state index is 0.716. The van der Waals surface area contributed by atoms with Gasteiger partial charge in [0.05, 0.1) is 0 Å². The van der Waals surface area contributed by atoms with Crippen LogP contribution in [0.2, 0.25) is 0 Å². The van der Waals surface area contributed by atoms with Gasteiger partial charge in [0, 0.05) is 31.2 Å². The van der Waals surface area contributed by atoms with Gasteiger partial charge in [0.25, 0.3) is 0 Å². The lowest BCUT2D eigenvalue weighted by Gasteiger charge is -2.46. The standard InChI is InChI=1S/C14H27N3/c1-11(2)17-8-5-13(9-17)15-14-10-16-6-3-12(14)4-7-16/h11-15H,3-10H2,1-2H3. The Bertz CT molecular complexity index is 258. The van der Waals surface area contributed by atoms with Crippen LogP contribution in [-0.2, 0) is 0 Å². The molecule has 4 saturated heterocycles. The lowest BCUT2D eigenvalue weighted by Crippen LogP contribution is -2.58. The zero-order valence-corrected chi connectivity index (χ0v) is 11.4. The van der Waals surface area contributed by atoms with Crippen molar-refractivity contribution in [3.05, 3.63) is 0 Å². The highest BCUT2D eigenvalue weighted by molar-refractivity contribution is 4.94. The van der Waals surface area contributed by atoms with E-state index >= 15 is 0 Å². The van der Waals surface area contributed by atoms with Gasteiger partial charge in [0.2, 0.25) is 0 Å². The maximum absolute atomic E-state index is 3.95. The van der Waals surface area contributed by atoms with Crippen LogP contribution in [0.3, 0.4) is 0 Å². The first-order valence-corrected chi connectivity index (χ1v) is 7.45. The molecule has 4 aliphatic rings. The highest BCUT2D eigenvalue weighted by Gasteiger charge is 2.36. The third-order valence-corrected chi connectivity index (χ3v) is 5.06. The quantitative estimate of drug-likeness (QED) is 0.794. The van der Waals surface area contributed by atoms with Crippen molar-refractivity contribution in [1.82, 2.24) is 15.1 Å². The second-order valence-electron chi connectivity index (χ2n) is 6.49. The van der Waals surface area contributed by atoms with E-state index in [9.17, 15) is 0 Å². The summed E-state index contributed by atoms with van der Waals surface area (Å²) in [6.07, 6.45) is 4.21. The highest BCUT2D eigenvalue weighted by Crippen LogP contribution is 2.28. The van der Waals surface area contributed by atoms with Gasteiger partial charge >= 0.3 is 0 Å². The molecule has 2 bridgehead atoms. The van der Waals surface area contributed by atoms with E-state index < -0.39 is 0 Å². The molecule has 0 saturated carbocycles. The molecule has 2 unspecified atom stereocenters. The van der Waals surface area contributed by atoms with Crippen molar-refractivity contribution in [3.8, 4) is 0 Å². The summed E-state index contributed by atoms with van der Waals surface area (Å²) < 4.78 is 0. The third-order valence-electron chi connectivity index (χ3n) is 5.06. The van der Waals surface area contributed by atoms with E-state index in [1.165, 1.54) is 52.0 Å². The second kappa shape index (κ2) is 4.87. The normalized spacial score (nSPS) is 42.5. The van der Waals surface area contributed by atoms with Crippen molar-refractivity contribution < 1.29 is 0 Å². The van der Waals surface area contributed by atoms with Crippen LogP contribution in [0, 0.1) is 5.92 Å². The molecule has 0 amide bonds. The maximum Gasteiger partial charge on any atom is 0.0227 e. The second-order valence-corrected chi connectivity index (χ2v) is 6.49. The van der Waals surface area contributed by atoms with Crippen molar-refractivity contribution in [1.29, 1.82) is 0 Å². The third kappa shape index (κ3) is 2.51. The van der Waals surface area contributed by atoms with Crippen LogP contribution in [0.5, 0.6) is 0 Å². The summed E-state index contributed by atoms with van der Waals surface area (Å²) in [5.74, 6) is 0.966. The molecule has 0 aromatic carbocycles. The van der Waals surface area contributed by atoms with Crippen LogP contribution in [0.15, 0.2) is 0 Å². The number of hydrogen-bond acceptors (Lipinski definition) is 3. The fraction of sp³-hybridized carbons (Fsp3) is 1.00. The maximum atomic E-state index is 3.95. The van der Waals surface area contributed by atoms with Gasteiger partial charge in [0.1, 0.15) is 0 Å². The van der Waals surface area contributed by atoms with Crippen LogP contribution in [0.4, 0.5) is 0 Å². The molecular formula is C14H27N3. The van der Waals surface area contributed by atoms with Gasteiger partial charge < -0.3 is 10.2 Å². The van der Waals surface area contributed by atoms with Gasteiger partial charge in [-0.2, -0.15) is 0 Å². The van der Waals surface area contributed by atoms with E-state index in [0.717, 1.165) is 18.0 Å². The highest BCUT2D eigenvalue weighted by atomic mass is 15.2. The molecule has 4 aliphatic heterocycles. The molecule has 0 aromatic heterocycles. The largest absolute Gasteiger partial charge is 0.308 e. The summed E-state index contributed by atoms with van der Waals surface area (Å²) in [6, 6.07) is 2.26. The van der Waals surface area contributed by atoms with Crippen molar-refractivity contribution in [3.63, 3.8) is 0 Å². The first-order valence-electron chi connectivity index (χ1n) is 7.45. The van der Waals surface area contributed by atoms with E-state index in [4.69, 9.17) is 0 Å². The lowest BCUT2D eigenvalue weighted by atomic mass is 9.83. The summed E-state index contributed by atoms with van der Waals surface area (Å²) in [6.45, 7) is 11.2. The van der Waals surface area contributed by atoms with Crippen molar-refractivity contribution in [2.45, 2.75) is 51.2 Å². The van der Waals surface area contributed by atoms with Crippen LogP contribution in [0.25, 0.3) is 0 Å². The molecule has 0 radical (unpaired) electrons. The molecule has 4 rings (SSSR count). The van der Waals surface area contributed by atoms with E-state index in [2.05, 4.69) is 29.0 Å². The van der Waals surface area contributed by atoms with Gasteiger partial charge in [-0.15, -0.1) is 0 Å². The van der Waals surface area contributed by atoms with Crippen LogP contribution in [0.1, 0.15) is 33.1 Å². The summed E-state index contributed by atoms with van der Waals surface area (Å²) in [5, 5.41) is 3.95. The molecule has 98 valence electrons. The number of rotatable bonds is 3. The summed E-state index contributed by atoms with van der Waals surface area (Å²) >= 11 is 0. The van der Waals surface area contributed by atoms with Crippen molar-refractivity contribution >= 4 is 0 Å². The Balaban J connectivity index is 1.51. The van der Waals surface area contributed by atoms with Crippen LogP contribution >= 0.6 is 0 Å². The van der Waals surface area contributed by atoms with Gasteiger partial charge in [-0.1, -0.05) is 0 Å². The Kier molecular flexibility index (Phi) is 3.42. The molecule has 1 N–H and O–H groups in total. The van der Waals surface area contributed by atoms with E-state index in [1.54, 1.807) is 0 Å². The smallest absolute Gasteiger partial charge is 0.0227 e. The number of likely N-dealkylation sites (tertiary alicyclic amines) is 1. The Morgan fingerprint density at radius 1 is 1.00 bits per heavy atom. The minimum atomic E-state index is 0.716. The van der Waals surface area contributed by atoms with Gasteiger partial charge in [-0.3, -0.25) is 4.90 Å². The van der Waals surface area contributed by atoms with Crippen LogP contribution in [-0.4, -0.2) is 60.6 Å². The van der Waals surface area contributed by atoms with Gasteiger partial charge in [-0.05, 0) is 58.7 Å². The number of nitrogens with one attached hydrogen (secondary N) is 1. The molecule has 0 aliphatic carbocycles. The Labute approximate surface area is 106 Å². The number of fused-ring (bicyclic) bond motifs is 3. The van der Waals surface area contributed by atoms with Gasteiger partial charge in [-0.25, -0.2) is 0 Å². The summed E-state index contributed by atoms with van der Waals surface area (Å²) in [5.41, 5.74) is 0. The predicted molar refractivity (Wildman–Crippen MR) is 71.2 cm³/mol. The summed E-state index contributed by atoms with van der Waals surface area (Å²) in [4.78, 5) is 5.26. The van der Waals surface area contributed by atoms with Crippen LogP contribution < -0.4 is 5.32 Å². The zero-order chi connectivity index (χ0) is 11.8. The molecule has 17 heavy (non-hydrogen) atoms. The molecule has 0 spiro atoms. The summed E-state index contributed by atoms with van der Waals surface area (Å²) in [7, 11) is 0. The SMILES string of the molecule is CC(C)N1CCC(NC2CN3CCC2CC3)C1. The molecule has 4 fully saturated rings. The first kappa shape index (κ1) is 11.9. The monoisotopic (exact) mass is 237 g/mol. The lowest BCUT2D eigenvalue weighted by molar-refractivity contribution is 0.0671. The topological polar surface area (TPSA) is 18.5 Å².